The van der Waals surface area contributed by atoms with E-state index in [2.05, 4.69) is 24.3 Å². The Balaban J connectivity index is 2.03. The van der Waals surface area contributed by atoms with Gasteiger partial charge in [-0.25, -0.2) is 0 Å². The van der Waals surface area contributed by atoms with Crippen LogP contribution in [-0.2, 0) is 15.1 Å². The van der Waals surface area contributed by atoms with Crippen LogP contribution in [0.2, 0.25) is 0 Å². The number of hydrogen-bond donors (Lipinski definition) is 0. The van der Waals surface area contributed by atoms with Crippen molar-refractivity contribution in [1.29, 1.82) is 0 Å². The monoisotopic (exact) mass is 245 g/mol. The lowest BCUT2D eigenvalue weighted by Crippen LogP contribution is -2.60. The molecular formula is C15H19NO2. The number of nitrogens with zero attached hydrogens (tertiary/aromatic N) is 1. The lowest BCUT2D eigenvalue weighted by atomic mass is 9.74. The highest BCUT2D eigenvalue weighted by atomic mass is 16.5. The molecule has 0 aromatic heterocycles. The Bertz CT molecular complexity index is 445. The maximum absolute atomic E-state index is 11.8. The van der Waals surface area contributed by atoms with Crippen LogP contribution in [0.4, 0.5) is 0 Å². The average molecular weight is 245 g/mol. The predicted molar refractivity (Wildman–Crippen MR) is 69.1 cm³/mol. The fraction of sp³-hybridized carbons (Fsp3) is 0.533. The van der Waals surface area contributed by atoms with Crippen molar-refractivity contribution in [3.63, 3.8) is 0 Å². The molecule has 1 aliphatic carbocycles. The first-order chi connectivity index (χ1) is 8.74. The highest BCUT2D eigenvalue weighted by Crippen LogP contribution is 2.44. The molecule has 1 aliphatic heterocycles. The van der Waals surface area contributed by atoms with Gasteiger partial charge in [0, 0.05) is 7.05 Å². The van der Waals surface area contributed by atoms with Crippen molar-refractivity contribution in [2.24, 2.45) is 0 Å². The second-order valence-corrected chi connectivity index (χ2v) is 5.31. The van der Waals surface area contributed by atoms with Gasteiger partial charge in [-0.2, -0.15) is 0 Å². The molecule has 1 aromatic carbocycles. The van der Waals surface area contributed by atoms with Crippen LogP contribution < -0.4 is 0 Å². The van der Waals surface area contributed by atoms with E-state index >= 15 is 0 Å². The number of amides is 1. The number of carbonyl (C=O) groups is 1. The third kappa shape index (κ3) is 1.65. The molecule has 1 amide bonds. The molecule has 96 valence electrons. The summed E-state index contributed by atoms with van der Waals surface area (Å²) in [7, 11) is 1.92. The van der Waals surface area contributed by atoms with Gasteiger partial charge in [-0.1, -0.05) is 43.2 Å². The summed E-state index contributed by atoms with van der Waals surface area (Å²) in [6.07, 6.45) is 4.41. The molecule has 1 saturated carbocycles. The number of carbonyl (C=O) groups excluding carboxylic acids is 1. The Morgan fingerprint density at radius 2 is 2.06 bits per heavy atom. The zero-order valence-electron chi connectivity index (χ0n) is 10.8. The first kappa shape index (κ1) is 11.7. The van der Waals surface area contributed by atoms with Crippen molar-refractivity contribution in [3.05, 3.63) is 35.9 Å². The Kier molecular flexibility index (Phi) is 2.86. The second kappa shape index (κ2) is 4.39. The number of likely N-dealkylation sites (N-methyl/N-ethyl adjacent to an activating group) is 1. The highest BCUT2D eigenvalue weighted by Gasteiger charge is 2.49. The molecule has 0 radical (unpaired) electrons. The van der Waals surface area contributed by atoms with E-state index in [1.54, 1.807) is 0 Å². The minimum atomic E-state index is -0.276. The fourth-order valence-electron chi connectivity index (χ4n) is 3.41. The molecule has 0 N–H and O–H groups in total. The van der Waals surface area contributed by atoms with Crippen LogP contribution in [0, 0.1) is 0 Å². The van der Waals surface area contributed by atoms with E-state index in [0.717, 1.165) is 12.8 Å². The number of ether oxygens (including phenoxy) is 1. The van der Waals surface area contributed by atoms with Crippen LogP contribution in [0.3, 0.4) is 0 Å². The zero-order chi connectivity index (χ0) is 12.6. The van der Waals surface area contributed by atoms with Crippen molar-refractivity contribution in [3.8, 4) is 0 Å². The molecule has 3 heteroatoms. The Hall–Kier alpha value is -1.35. The summed E-state index contributed by atoms with van der Waals surface area (Å²) >= 11 is 0. The van der Waals surface area contributed by atoms with Gasteiger partial charge in [-0.05, 0) is 18.4 Å². The summed E-state index contributed by atoms with van der Waals surface area (Å²) in [4.78, 5) is 13.7. The Morgan fingerprint density at radius 3 is 2.83 bits per heavy atom. The first-order valence-corrected chi connectivity index (χ1v) is 6.69. The topological polar surface area (TPSA) is 29.5 Å². The van der Waals surface area contributed by atoms with Crippen LogP contribution in [0.1, 0.15) is 31.2 Å². The fourth-order valence-corrected chi connectivity index (χ4v) is 3.41. The average Bonchev–Trinajstić information content (AvgIpc) is 2.44. The molecular weight excluding hydrogens is 226 g/mol. The van der Waals surface area contributed by atoms with Gasteiger partial charge in [0.1, 0.15) is 12.2 Å². The van der Waals surface area contributed by atoms with E-state index in [9.17, 15) is 4.79 Å². The van der Waals surface area contributed by atoms with E-state index in [0.29, 0.717) is 0 Å². The van der Waals surface area contributed by atoms with Crippen molar-refractivity contribution in [1.82, 2.24) is 4.90 Å². The number of fused-ring (bicyclic) bond motifs is 1. The molecule has 1 saturated heterocycles. The standard InChI is InChI=1S/C15H19NO2/c1-16-13-9-5-6-10-15(13,18-11-14(16)17)12-7-3-2-4-8-12/h2-4,7-8,13H,5-6,9-11H2,1H3. The van der Waals surface area contributed by atoms with Gasteiger partial charge in [0.25, 0.3) is 0 Å². The Morgan fingerprint density at radius 1 is 1.28 bits per heavy atom. The van der Waals surface area contributed by atoms with Crippen LogP contribution in [0.25, 0.3) is 0 Å². The van der Waals surface area contributed by atoms with E-state index in [1.807, 2.05) is 18.0 Å². The molecule has 0 spiro atoms. The van der Waals surface area contributed by atoms with Crippen LogP contribution in [-0.4, -0.2) is 30.5 Å². The van der Waals surface area contributed by atoms with Crippen molar-refractivity contribution in [2.75, 3.05) is 13.7 Å². The molecule has 2 aliphatic rings. The van der Waals surface area contributed by atoms with Gasteiger partial charge in [0.15, 0.2) is 0 Å². The van der Waals surface area contributed by atoms with E-state index in [4.69, 9.17) is 4.74 Å². The van der Waals surface area contributed by atoms with Crippen LogP contribution in [0.5, 0.6) is 0 Å². The minimum absolute atomic E-state index is 0.105. The van der Waals surface area contributed by atoms with E-state index in [1.165, 1.54) is 18.4 Å². The van der Waals surface area contributed by atoms with Crippen LogP contribution in [0.15, 0.2) is 30.3 Å². The molecule has 3 rings (SSSR count). The van der Waals surface area contributed by atoms with E-state index in [-0.39, 0.29) is 24.2 Å². The SMILES string of the molecule is CN1C(=O)COC2(c3ccccc3)CCCCC12. The summed E-state index contributed by atoms with van der Waals surface area (Å²) in [5.74, 6) is 0.105. The van der Waals surface area contributed by atoms with Gasteiger partial charge in [-0.3, -0.25) is 4.79 Å². The van der Waals surface area contributed by atoms with Gasteiger partial charge in [0.2, 0.25) is 5.91 Å². The molecule has 18 heavy (non-hydrogen) atoms. The first-order valence-electron chi connectivity index (χ1n) is 6.69. The Labute approximate surface area is 108 Å². The predicted octanol–water partition coefficient (Wildman–Crippen LogP) is 2.31. The lowest BCUT2D eigenvalue weighted by Gasteiger charge is -2.51. The quantitative estimate of drug-likeness (QED) is 0.760. The van der Waals surface area contributed by atoms with Crippen LogP contribution >= 0.6 is 0 Å². The molecule has 3 nitrogen and oxygen atoms in total. The summed E-state index contributed by atoms with van der Waals surface area (Å²) in [6, 6.07) is 10.6. The molecule has 0 bridgehead atoms. The third-order valence-electron chi connectivity index (χ3n) is 4.39. The molecule has 1 aromatic rings. The molecule has 2 atom stereocenters. The van der Waals surface area contributed by atoms with Gasteiger partial charge >= 0.3 is 0 Å². The third-order valence-corrected chi connectivity index (χ3v) is 4.39. The van der Waals surface area contributed by atoms with Crippen molar-refractivity contribution in [2.45, 2.75) is 37.3 Å². The summed E-state index contributed by atoms with van der Waals surface area (Å²) < 4.78 is 6.05. The normalized spacial score (nSPS) is 32.2. The summed E-state index contributed by atoms with van der Waals surface area (Å²) in [6.45, 7) is 0.210. The van der Waals surface area contributed by atoms with Gasteiger partial charge in [-0.15, -0.1) is 0 Å². The van der Waals surface area contributed by atoms with Gasteiger partial charge < -0.3 is 9.64 Å². The molecule has 2 fully saturated rings. The zero-order valence-corrected chi connectivity index (χ0v) is 10.8. The minimum Gasteiger partial charge on any atom is -0.358 e. The summed E-state index contributed by atoms with van der Waals surface area (Å²) in [5.41, 5.74) is 0.941. The number of benzene rings is 1. The smallest absolute Gasteiger partial charge is 0.248 e. The largest absolute Gasteiger partial charge is 0.358 e. The number of morpholine rings is 1. The van der Waals surface area contributed by atoms with Crippen molar-refractivity contribution < 1.29 is 9.53 Å². The number of rotatable bonds is 1. The highest BCUT2D eigenvalue weighted by molar-refractivity contribution is 5.78. The summed E-state index contributed by atoms with van der Waals surface area (Å²) in [5, 5.41) is 0. The van der Waals surface area contributed by atoms with Gasteiger partial charge in [0.05, 0.1) is 6.04 Å². The van der Waals surface area contributed by atoms with E-state index < -0.39 is 0 Å². The maximum atomic E-state index is 11.8. The number of hydrogen-bond acceptors (Lipinski definition) is 2. The maximum Gasteiger partial charge on any atom is 0.248 e. The second-order valence-electron chi connectivity index (χ2n) is 5.31. The molecule has 2 unspecified atom stereocenters. The van der Waals surface area contributed by atoms with Crippen molar-refractivity contribution >= 4 is 5.91 Å². The molecule has 1 heterocycles. The lowest BCUT2D eigenvalue weighted by molar-refractivity contribution is -0.186.